The van der Waals surface area contributed by atoms with E-state index in [1.54, 1.807) is 19.1 Å². The van der Waals surface area contributed by atoms with Crippen LogP contribution in [0.5, 0.6) is 5.75 Å². The first-order valence-corrected chi connectivity index (χ1v) is 4.35. The Morgan fingerprint density at radius 3 is 2.86 bits per heavy atom. The van der Waals surface area contributed by atoms with Gasteiger partial charge in [-0.3, -0.25) is 0 Å². The van der Waals surface area contributed by atoms with Crippen LogP contribution in [0.15, 0.2) is 30.9 Å². The van der Waals surface area contributed by atoms with Crippen LogP contribution >= 0.6 is 0 Å². The van der Waals surface area contributed by atoms with E-state index >= 15 is 0 Å². The molecule has 1 rings (SSSR count). The molecule has 1 atom stereocenters. The molecule has 2 nitrogen and oxygen atoms in total. The second-order valence-electron chi connectivity index (χ2n) is 3.01. The molecule has 14 heavy (non-hydrogen) atoms. The Morgan fingerprint density at radius 1 is 1.57 bits per heavy atom. The fourth-order valence-electron chi connectivity index (χ4n) is 1.04. The monoisotopic (exact) mass is 196 g/mol. The molecule has 0 aliphatic heterocycles. The normalized spacial score (nSPS) is 12.2. The van der Waals surface area contributed by atoms with E-state index in [4.69, 9.17) is 9.84 Å². The number of benzene rings is 1. The van der Waals surface area contributed by atoms with E-state index in [1.807, 2.05) is 0 Å². The Labute approximate surface area is 82.6 Å². The zero-order valence-corrected chi connectivity index (χ0v) is 8.03. The molecule has 1 aromatic rings. The maximum Gasteiger partial charge on any atom is 0.127 e. The molecule has 0 saturated carbocycles. The summed E-state index contributed by atoms with van der Waals surface area (Å²) in [6.45, 7) is 5.16. The number of rotatable bonds is 4. The molecular weight excluding hydrogens is 183 g/mol. The van der Waals surface area contributed by atoms with Crippen LogP contribution in [0.3, 0.4) is 0 Å². The van der Waals surface area contributed by atoms with Crippen molar-refractivity contribution in [3.05, 3.63) is 42.2 Å². The third-order valence-electron chi connectivity index (χ3n) is 1.77. The van der Waals surface area contributed by atoms with E-state index in [2.05, 4.69) is 6.58 Å². The summed E-state index contributed by atoms with van der Waals surface area (Å²) in [5.74, 6) is -0.00994. The summed E-state index contributed by atoms with van der Waals surface area (Å²) in [4.78, 5) is 0. The summed E-state index contributed by atoms with van der Waals surface area (Å²) in [7, 11) is 0. The number of hydrogen-bond acceptors (Lipinski definition) is 2. The van der Waals surface area contributed by atoms with Crippen LogP contribution in [0.4, 0.5) is 4.39 Å². The van der Waals surface area contributed by atoms with Crippen molar-refractivity contribution >= 4 is 0 Å². The molecule has 0 amide bonds. The first kappa shape index (κ1) is 10.7. The van der Waals surface area contributed by atoms with Crippen molar-refractivity contribution < 1.29 is 14.2 Å². The number of aliphatic hydroxyl groups is 1. The van der Waals surface area contributed by atoms with Gasteiger partial charge in [-0.2, -0.15) is 0 Å². The number of hydrogen-bond donors (Lipinski definition) is 1. The van der Waals surface area contributed by atoms with Gasteiger partial charge in [0, 0.05) is 6.07 Å². The lowest BCUT2D eigenvalue weighted by Gasteiger charge is -2.11. The predicted octanol–water partition coefficient (Wildman–Crippen LogP) is 2.27. The lowest BCUT2D eigenvalue weighted by atomic mass is 10.2. The summed E-state index contributed by atoms with van der Waals surface area (Å²) in [6.07, 6.45) is 1.44. The SMILES string of the molecule is C=CC(C)Oc1cc(F)cc(CO)c1. The molecule has 0 radical (unpaired) electrons. The van der Waals surface area contributed by atoms with Crippen LogP contribution in [0.1, 0.15) is 12.5 Å². The molecule has 0 aliphatic rings. The minimum absolute atomic E-state index is 0.177. The quantitative estimate of drug-likeness (QED) is 0.748. The highest BCUT2D eigenvalue weighted by atomic mass is 19.1. The van der Waals surface area contributed by atoms with Gasteiger partial charge in [0.1, 0.15) is 17.7 Å². The number of ether oxygens (including phenoxy) is 1. The lowest BCUT2D eigenvalue weighted by Crippen LogP contribution is -2.07. The summed E-state index contributed by atoms with van der Waals surface area (Å²) >= 11 is 0. The van der Waals surface area contributed by atoms with Gasteiger partial charge in [0.25, 0.3) is 0 Å². The van der Waals surface area contributed by atoms with Crippen molar-refractivity contribution in [1.29, 1.82) is 0 Å². The minimum Gasteiger partial charge on any atom is -0.487 e. The average Bonchev–Trinajstić information content (AvgIpc) is 2.16. The van der Waals surface area contributed by atoms with Crippen molar-refractivity contribution in [2.45, 2.75) is 19.6 Å². The molecule has 76 valence electrons. The lowest BCUT2D eigenvalue weighted by molar-refractivity contribution is 0.262. The maximum atomic E-state index is 13.0. The van der Waals surface area contributed by atoms with E-state index in [0.29, 0.717) is 11.3 Å². The molecule has 0 saturated heterocycles. The average molecular weight is 196 g/mol. The van der Waals surface area contributed by atoms with Crippen molar-refractivity contribution in [3.8, 4) is 5.75 Å². The zero-order valence-electron chi connectivity index (χ0n) is 8.03. The van der Waals surface area contributed by atoms with Crippen LogP contribution in [-0.4, -0.2) is 11.2 Å². The first-order valence-electron chi connectivity index (χ1n) is 4.35. The standard InChI is InChI=1S/C11H13FO2/c1-3-8(2)14-11-5-9(7-13)4-10(12)6-11/h3-6,8,13H,1,7H2,2H3. The molecule has 1 N–H and O–H groups in total. The largest absolute Gasteiger partial charge is 0.487 e. The number of halogens is 1. The van der Waals surface area contributed by atoms with Gasteiger partial charge < -0.3 is 9.84 Å². The van der Waals surface area contributed by atoms with Crippen molar-refractivity contribution in [2.75, 3.05) is 0 Å². The van der Waals surface area contributed by atoms with Crippen LogP contribution in [0.2, 0.25) is 0 Å². The van der Waals surface area contributed by atoms with Crippen LogP contribution in [-0.2, 0) is 6.61 Å². The van der Waals surface area contributed by atoms with E-state index in [0.717, 1.165) is 0 Å². The molecule has 0 aliphatic carbocycles. The summed E-state index contributed by atoms with van der Waals surface area (Å²) in [5, 5.41) is 8.84. The highest BCUT2D eigenvalue weighted by molar-refractivity contribution is 5.29. The summed E-state index contributed by atoms with van der Waals surface area (Å²) < 4.78 is 18.3. The topological polar surface area (TPSA) is 29.5 Å². The van der Waals surface area contributed by atoms with Crippen molar-refractivity contribution in [2.24, 2.45) is 0 Å². The molecule has 3 heteroatoms. The first-order chi connectivity index (χ1) is 6.65. The van der Waals surface area contributed by atoms with Crippen molar-refractivity contribution in [3.63, 3.8) is 0 Å². The second kappa shape index (κ2) is 4.77. The van der Waals surface area contributed by atoms with Crippen LogP contribution in [0, 0.1) is 5.82 Å². The molecule has 1 aromatic carbocycles. The fraction of sp³-hybridized carbons (Fsp3) is 0.273. The van der Waals surface area contributed by atoms with Gasteiger partial charge in [-0.1, -0.05) is 12.7 Å². The molecule has 0 spiro atoms. The number of aliphatic hydroxyl groups excluding tert-OH is 1. The van der Waals surface area contributed by atoms with Gasteiger partial charge in [-0.15, -0.1) is 0 Å². The molecule has 0 fully saturated rings. The minimum atomic E-state index is -0.414. The van der Waals surface area contributed by atoms with Crippen LogP contribution in [0.25, 0.3) is 0 Å². The second-order valence-corrected chi connectivity index (χ2v) is 3.01. The Morgan fingerprint density at radius 2 is 2.29 bits per heavy atom. The smallest absolute Gasteiger partial charge is 0.127 e. The summed E-state index contributed by atoms with van der Waals surface area (Å²) in [5.41, 5.74) is 0.497. The third kappa shape index (κ3) is 2.85. The van der Waals surface area contributed by atoms with E-state index in [-0.39, 0.29) is 12.7 Å². The van der Waals surface area contributed by atoms with Gasteiger partial charge in [-0.25, -0.2) is 4.39 Å². The van der Waals surface area contributed by atoms with Gasteiger partial charge in [0.15, 0.2) is 0 Å². The Hall–Kier alpha value is -1.35. The van der Waals surface area contributed by atoms with Gasteiger partial charge >= 0.3 is 0 Å². The molecule has 1 unspecified atom stereocenters. The fourth-order valence-corrected chi connectivity index (χ4v) is 1.04. The van der Waals surface area contributed by atoms with E-state index < -0.39 is 5.82 Å². The molecule has 0 bridgehead atoms. The zero-order chi connectivity index (χ0) is 10.6. The van der Waals surface area contributed by atoms with E-state index in [1.165, 1.54) is 12.1 Å². The Kier molecular flexibility index (Phi) is 3.65. The highest BCUT2D eigenvalue weighted by Crippen LogP contribution is 2.17. The predicted molar refractivity (Wildman–Crippen MR) is 52.6 cm³/mol. The Bertz CT molecular complexity index is 323. The maximum absolute atomic E-state index is 13.0. The third-order valence-corrected chi connectivity index (χ3v) is 1.77. The van der Waals surface area contributed by atoms with Crippen LogP contribution < -0.4 is 4.74 Å². The Balaban J connectivity index is 2.86. The van der Waals surface area contributed by atoms with Gasteiger partial charge in [0.2, 0.25) is 0 Å². The van der Waals surface area contributed by atoms with Crippen molar-refractivity contribution in [1.82, 2.24) is 0 Å². The van der Waals surface area contributed by atoms with E-state index in [9.17, 15) is 4.39 Å². The van der Waals surface area contributed by atoms with Gasteiger partial charge in [-0.05, 0) is 24.6 Å². The molecular formula is C11H13FO2. The van der Waals surface area contributed by atoms with Gasteiger partial charge in [0.05, 0.1) is 6.61 Å². The molecule has 0 heterocycles. The highest BCUT2D eigenvalue weighted by Gasteiger charge is 2.03. The summed E-state index contributed by atoms with van der Waals surface area (Å²) in [6, 6.07) is 4.15. The molecule has 0 aromatic heterocycles.